The maximum Gasteiger partial charge on any atom is 0.248 e. The number of hydrogen-bond acceptors (Lipinski definition) is 4. The van der Waals surface area contributed by atoms with E-state index in [1.807, 2.05) is 19.1 Å². The topological polar surface area (TPSA) is 68.0 Å². The third-order valence-corrected chi connectivity index (χ3v) is 3.96. The van der Waals surface area contributed by atoms with Gasteiger partial charge in [-0.15, -0.1) is 0 Å². The monoisotopic (exact) mass is 285 g/mol. The number of aryl methyl sites for hydroxylation is 2. The van der Waals surface area contributed by atoms with Crippen molar-refractivity contribution >= 4 is 5.91 Å². The highest BCUT2D eigenvalue weighted by molar-refractivity contribution is 5.84. The maximum atomic E-state index is 12.6. The number of carbonyl (C=O) groups excluding carboxylic acids is 1. The van der Waals surface area contributed by atoms with Crippen LogP contribution in [-0.2, 0) is 11.2 Å². The van der Waals surface area contributed by atoms with Crippen molar-refractivity contribution in [2.75, 3.05) is 0 Å². The molecule has 3 rings (SSSR count). The van der Waals surface area contributed by atoms with Crippen LogP contribution in [0.5, 0.6) is 0 Å². The molecule has 110 valence electrons. The van der Waals surface area contributed by atoms with Gasteiger partial charge < -0.3 is 9.84 Å². The molecule has 5 nitrogen and oxygen atoms in total. The van der Waals surface area contributed by atoms with Crippen LogP contribution in [0.4, 0.5) is 0 Å². The van der Waals surface area contributed by atoms with Crippen LogP contribution in [0.15, 0.2) is 28.8 Å². The zero-order chi connectivity index (χ0) is 14.8. The number of nitrogens with one attached hydrogen (secondary N) is 1. The molecule has 1 aromatic heterocycles. The van der Waals surface area contributed by atoms with Crippen LogP contribution in [0, 0.1) is 6.92 Å². The minimum Gasteiger partial charge on any atom is -0.344 e. The summed E-state index contributed by atoms with van der Waals surface area (Å²) in [5, 5.41) is 6.74. The van der Waals surface area contributed by atoms with Crippen molar-refractivity contribution in [3.05, 3.63) is 47.1 Å². The second-order valence-corrected chi connectivity index (χ2v) is 5.55. The number of nitrogens with zero attached hydrogens (tertiary/aromatic N) is 2. The normalized spacial score (nSPS) is 18.9. The molecule has 0 unspecified atom stereocenters. The molecule has 0 saturated heterocycles. The molecule has 0 spiro atoms. The van der Waals surface area contributed by atoms with E-state index < -0.39 is 0 Å². The van der Waals surface area contributed by atoms with E-state index >= 15 is 0 Å². The largest absolute Gasteiger partial charge is 0.344 e. The van der Waals surface area contributed by atoms with Crippen molar-refractivity contribution in [2.45, 2.75) is 45.1 Å². The van der Waals surface area contributed by atoms with Gasteiger partial charge in [0.25, 0.3) is 0 Å². The fourth-order valence-electron chi connectivity index (χ4n) is 2.89. The summed E-state index contributed by atoms with van der Waals surface area (Å²) in [4.78, 5) is 16.7. The molecular weight excluding hydrogens is 266 g/mol. The van der Waals surface area contributed by atoms with E-state index in [2.05, 4.69) is 27.6 Å². The lowest BCUT2D eigenvalue weighted by molar-refractivity contribution is -0.123. The molecule has 0 aliphatic heterocycles. The Morgan fingerprint density at radius 2 is 2.24 bits per heavy atom. The fourth-order valence-corrected chi connectivity index (χ4v) is 2.89. The molecule has 1 aromatic carbocycles. The van der Waals surface area contributed by atoms with Gasteiger partial charge in [-0.1, -0.05) is 29.4 Å². The van der Waals surface area contributed by atoms with Gasteiger partial charge >= 0.3 is 0 Å². The van der Waals surface area contributed by atoms with E-state index in [1.54, 1.807) is 6.92 Å². The highest BCUT2D eigenvalue weighted by atomic mass is 16.5. The Morgan fingerprint density at radius 1 is 1.43 bits per heavy atom. The SMILES string of the molecule is Cc1noc([C@@H](C)NC(=O)[C@@H]2CCCc3ccccc32)n1. The van der Waals surface area contributed by atoms with Crippen molar-refractivity contribution in [3.8, 4) is 0 Å². The average molecular weight is 285 g/mol. The number of rotatable bonds is 3. The number of fused-ring (bicyclic) bond motifs is 1. The van der Waals surface area contributed by atoms with Crippen LogP contribution in [0.25, 0.3) is 0 Å². The van der Waals surface area contributed by atoms with Crippen molar-refractivity contribution in [3.63, 3.8) is 0 Å². The van der Waals surface area contributed by atoms with Crippen LogP contribution < -0.4 is 5.32 Å². The van der Waals surface area contributed by atoms with Crippen LogP contribution in [0.1, 0.15) is 54.6 Å². The quantitative estimate of drug-likeness (QED) is 0.941. The predicted molar refractivity (Wildman–Crippen MR) is 77.7 cm³/mol. The molecule has 2 aromatic rings. The van der Waals surface area contributed by atoms with Gasteiger partial charge in [-0.25, -0.2) is 0 Å². The lowest BCUT2D eigenvalue weighted by atomic mass is 9.82. The Hall–Kier alpha value is -2.17. The van der Waals surface area contributed by atoms with Crippen molar-refractivity contribution in [2.24, 2.45) is 0 Å². The first-order valence-electron chi connectivity index (χ1n) is 7.33. The highest BCUT2D eigenvalue weighted by Crippen LogP contribution is 2.32. The summed E-state index contributed by atoms with van der Waals surface area (Å²) in [6.07, 6.45) is 2.99. The second-order valence-electron chi connectivity index (χ2n) is 5.55. The van der Waals surface area contributed by atoms with Gasteiger partial charge in [0.1, 0.15) is 6.04 Å². The van der Waals surface area contributed by atoms with Crippen molar-refractivity contribution in [1.82, 2.24) is 15.5 Å². The molecule has 1 N–H and O–H groups in total. The average Bonchev–Trinajstić information content (AvgIpc) is 2.93. The van der Waals surface area contributed by atoms with E-state index in [0.29, 0.717) is 11.7 Å². The smallest absolute Gasteiger partial charge is 0.248 e. The first-order chi connectivity index (χ1) is 10.1. The van der Waals surface area contributed by atoms with E-state index in [4.69, 9.17) is 4.52 Å². The van der Waals surface area contributed by atoms with Crippen molar-refractivity contribution < 1.29 is 9.32 Å². The Bertz CT molecular complexity index is 650. The van der Waals surface area contributed by atoms with Gasteiger partial charge in [-0.3, -0.25) is 4.79 Å². The van der Waals surface area contributed by atoms with Crippen molar-refractivity contribution in [1.29, 1.82) is 0 Å². The van der Waals surface area contributed by atoms with E-state index in [1.165, 1.54) is 5.56 Å². The summed E-state index contributed by atoms with van der Waals surface area (Å²) in [5.41, 5.74) is 2.43. The zero-order valence-corrected chi connectivity index (χ0v) is 12.3. The minimum atomic E-state index is -0.271. The lowest BCUT2D eigenvalue weighted by Gasteiger charge is -2.25. The summed E-state index contributed by atoms with van der Waals surface area (Å²) in [6.45, 7) is 3.62. The summed E-state index contributed by atoms with van der Waals surface area (Å²) in [5.74, 6) is 0.978. The fraction of sp³-hybridized carbons (Fsp3) is 0.438. The molecule has 1 heterocycles. The van der Waals surface area contributed by atoms with Gasteiger partial charge in [-0.05, 0) is 44.2 Å². The third-order valence-electron chi connectivity index (χ3n) is 3.96. The number of aromatic nitrogens is 2. The van der Waals surface area contributed by atoms with Crippen LogP contribution in [0.3, 0.4) is 0 Å². The summed E-state index contributed by atoms with van der Waals surface area (Å²) < 4.78 is 5.11. The number of carbonyl (C=O) groups is 1. The van der Waals surface area contributed by atoms with E-state index in [9.17, 15) is 4.79 Å². The lowest BCUT2D eigenvalue weighted by Crippen LogP contribution is -2.33. The highest BCUT2D eigenvalue weighted by Gasteiger charge is 2.28. The molecule has 1 aliphatic rings. The van der Waals surface area contributed by atoms with Crippen LogP contribution in [0.2, 0.25) is 0 Å². The molecule has 0 fully saturated rings. The third kappa shape index (κ3) is 2.82. The van der Waals surface area contributed by atoms with Gasteiger partial charge in [0.2, 0.25) is 11.8 Å². The molecular formula is C16H19N3O2. The van der Waals surface area contributed by atoms with Gasteiger partial charge in [0.15, 0.2) is 5.82 Å². The van der Waals surface area contributed by atoms with E-state index in [-0.39, 0.29) is 17.9 Å². The van der Waals surface area contributed by atoms with Crippen LogP contribution >= 0.6 is 0 Å². The second kappa shape index (κ2) is 5.68. The van der Waals surface area contributed by atoms with Gasteiger partial charge in [0.05, 0.1) is 5.92 Å². The van der Waals surface area contributed by atoms with E-state index in [0.717, 1.165) is 24.8 Å². The Labute approximate surface area is 123 Å². The zero-order valence-electron chi connectivity index (χ0n) is 12.3. The van der Waals surface area contributed by atoms with Gasteiger partial charge in [-0.2, -0.15) is 4.98 Å². The number of benzene rings is 1. The molecule has 0 bridgehead atoms. The predicted octanol–water partition coefficient (Wildman–Crippen LogP) is 2.68. The standard InChI is InChI=1S/C16H19N3O2/c1-10(16-18-11(2)19-21-16)17-15(20)14-9-5-7-12-6-3-4-8-13(12)14/h3-4,6,8,10,14H,5,7,9H2,1-2H3,(H,17,20)/t10-,14-/m1/s1. The molecule has 0 saturated carbocycles. The first kappa shape index (κ1) is 13.8. The number of hydrogen-bond donors (Lipinski definition) is 1. The van der Waals surface area contributed by atoms with Gasteiger partial charge in [0, 0.05) is 0 Å². The first-order valence-corrected chi connectivity index (χ1v) is 7.33. The molecule has 2 atom stereocenters. The Balaban J connectivity index is 1.74. The molecule has 0 radical (unpaired) electrons. The molecule has 21 heavy (non-hydrogen) atoms. The number of amides is 1. The summed E-state index contributed by atoms with van der Waals surface area (Å²) in [7, 11) is 0. The Morgan fingerprint density at radius 3 is 3.00 bits per heavy atom. The summed E-state index contributed by atoms with van der Waals surface area (Å²) >= 11 is 0. The molecule has 5 heteroatoms. The molecule has 1 aliphatic carbocycles. The minimum absolute atomic E-state index is 0.0329. The Kier molecular flexibility index (Phi) is 3.73. The molecule has 1 amide bonds. The maximum absolute atomic E-state index is 12.6. The summed E-state index contributed by atoms with van der Waals surface area (Å²) in [6, 6.07) is 7.92. The van der Waals surface area contributed by atoms with Crippen LogP contribution in [-0.4, -0.2) is 16.0 Å².